The van der Waals surface area contributed by atoms with E-state index in [1.165, 1.54) is 18.5 Å². The maximum absolute atomic E-state index is 2.62. The predicted molar refractivity (Wildman–Crippen MR) is 73.9 cm³/mol. The molecule has 1 heterocycles. The van der Waals surface area contributed by atoms with Gasteiger partial charge in [-0.3, -0.25) is 4.90 Å². The lowest BCUT2D eigenvalue weighted by molar-refractivity contribution is 0.134. The van der Waals surface area contributed by atoms with Crippen molar-refractivity contribution >= 4 is 0 Å². The molecule has 92 valence electrons. The van der Waals surface area contributed by atoms with E-state index < -0.39 is 0 Å². The van der Waals surface area contributed by atoms with Gasteiger partial charge < -0.3 is 0 Å². The number of hydrogen-bond donors (Lipinski definition) is 0. The van der Waals surface area contributed by atoms with Gasteiger partial charge in [-0.05, 0) is 24.8 Å². The van der Waals surface area contributed by atoms with Gasteiger partial charge in [-0.2, -0.15) is 0 Å². The van der Waals surface area contributed by atoms with E-state index in [4.69, 9.17) is 0 Å². The molecule has 1 aliphatic rings. The normalized spacial score (nSPS) is 22.9. The van der Waals surface area contributed by atoms with Crippen LogP contribution in [0, 0.1) is 5.92 Å². The van der Waals surface area contributed by atoms with E-state index in [2.05, 4.69) is 68.2 Å². The van der Waals surface area contributed by atoms with Crippen LogP contribution in [-0.4, -0.2) is 17.5 Å². The summed E-state index contributed by atoms with van der Waals surface area (Å²) in [7, 11) is 0. The first-order valence-corrected chi connectivity index (χ1v) is 6.67. The van der Waals surface area contributed by atoms with E-state index in [-0.39, 0.29) is 0 Å². The zero-order valence-corrected chi connectivity index (χ0v) is 11.1. The highest BCUT2D eigenvalue weighted by Gasteiger charge is 2.26. The monoisotopic (exact) mass is 229 g/mol. The van der Waals surface area contributed by atoms with Crippen LogP contribution in [0.25, 0.3) is 0 Å². The molecule has 0 unspecified atom stereocenters. The Kier molecular flexibility index (Phi) is 4.01. The fourth-order valence-corrected chi connectivity index (χ4v) is 2.70. The van der Waals surface area contributed by atoms with Gasteiger partial charge in [0.1, 0.15) is 0 Å². The second-order valence-corrected chi connectivity index (χ2v) is 5.28. The molecule has 0 radical (unpaired) electrons. The average Bonchev–Trinajstić information content (AvgIpc) is 2.39. The first kappa shape index (κ1) is 12.4. The van der Waals surface area contributed by atoms with Crippen LogP contribution >= 0.6 is 0 Å². The van der Waals surface area contributed by atoms with Crippen molar-refractivity contribution in [1.29, 1.82) is 0 Å². The molecule has 0 fully saturated rings. The van der Waals surface area contributed by atoms with Gasteiger partial charge in [0.05, 0.1) is 0 Å². The van der Waals surface area contributed by atoms with Crippen molar-refractivity contribution in [3.8, 4) is 0 Å². The number of nitrogens with zero attached hydrogens (tertiary/aromatic N) is 1. The largest absolute Gasteiger partial charge is 0.290 e. The van der Waals surface area contributed by atoms with E-state index in [9.17, 15) is 0 Å². The second-order valence-electron chi connectivity index (χ2n) is 5.28. The summed E-state index contributed by atoms with van der Waals surface area (Å²) in [5.74, 6) is 0.678. The number of benzene rings is 1. The van der Waals surface area contributed by atoms with Crippen molar-refractivity contribution in [2.75, 3.05) is 6.54 Å². The molecule has 2 rings (SSSR count). The molecule has 0 aromatic heterocycles. The zero-order valence-electron chi connectivity index (χ0n) is 11.1. The Morgan fingerprint density at radius 2 is 1.82 bits per heavy atom. The highest BCUT2D eigenvalue weighted by atomic mass is 15.2. The summed E-state index contributed by atoms with van der Waals surface area (Å²) in [6.07, 6.45) is 5.90. The van der Waals surface area contributed by atoms with Crippen molar-refractivity contribution in [2.45, 2.75) is 39.3 Å². The molecule has 0 saturated carbocycles. The lowest BCUT2D eigenvalue weighted by atomic mass is 9.95. The highest BCUT2D eigenvalue weighted by molar-refractivity contribution is 5.19. The second kappa shape index (κ2) is 5.50. The van der Waals surface area contributed by atoms with E-state index in [1.54, 1.807) is 0 Å². The summed E-state index contributed by atoms with van der Waals surface area (Å²) in [5, 5.41) is 0. The Morgan fingerprint density at radius 3 is 2.47 bits per heavy atom. The molecule has 1 aliphatic heterocycles. The molecule has 0 bridgehead atoms. The number of hydrogen-bond acceptors (Lipinski definition) is 1. The van der Waals surface area contributed by atoms with E-state index in [1.807, 2.05) is 0 Å². The van der Waals surface area contributed by atoms with Crippen molar-refractivity contribution in [2.24, 2.45) is 5.92 Å². The quantitative estimate of drug-likeness (QED) is 0.707. The number of rotatable bonds is 3. The van der Waals surface area contributed by atoms with Crippen LogP contribution in [0.15, 0.2) is 42.5 Å². The van der Waals surface area contributed by atoms with Gasteiger partial charge in [-0.15, -0.1) is 0 Å². The highest BCUT2D eigenvalue weighted by Crippen LogP contribution is 2.28. The van der Waals surface area contributed by atoms with Crippen LogP contribution in [0.4, 0.5) is 0 Å². The molecule has 0 spiro atoms. The third kappa shape index (κ3) is 2.78. The third-order valence-electron chi connectivity index (χ3n) is 3.73. The fraction of sp³-hybridized carbons (Fsp3) is 0.500. The fourth-order valence-electron chi connectivity index (χ4n) is 2.70. The van der Waals surface area contributed by atoms with E-state index in [0.29, 0.717) is 18.0 Å². The summed E-state index contributed by atoms with van der Waals surface area (Å²) in [6.45, 7) is 8.12. The zero-order chi connectivity index (χ0) is 12.3. The lowest BCUT2D eigenvalue weighted by Gasteiger charge is -2.39. The van der Waals surface area contributed by atoms with Gasteiger partial charge in [0.15, 0.2) is 0 Å². The molecule has 2 atom stereocenters. The first-order chi connectivity index (χ1) is 8.20. The van der Waals surface area contributed by atoms with Crippen molar-refractivity contribution in [1.82, 2.24) is 4.90 Å². The summed E-state index contributed by atoms with van der Waals surface area (Å²) < 4.78 is 0. The maximum atomic E-state index is 2.62. The summed E-state index contributed by atoms with van der Waals surface area (Å²) >= 11 is 0. The smallest absolute Gasteiger partial charge is 0.0326 e. The molecule has 17 heavy (non-hydrogen) atoms. The van der Waals surface area contributed by atoms with Crippen LogP contribution in [0.2, 0.25) is 0 Å². The maximum Gasteiger partial charge on any atom is 0.0326 e. The minimum absolute atomic E-state index is 0.508. The molecule has 1 nitrogen and oxygen atoms in total. The Balaban J connectivity index is 2.18. The van der Waals surface area contributed by atoms with Crippen LogP contribution < -0.4 is 0 Å². The molecular formula is C16H23N. The minimum Gasteiger partial charge on any atom is -0.290 e. The summed E-state index contributed by atoms with van der Waals surface area (Å²) in [6, 6.07) is 11.9. The molecule has 1 aromatic carbocycles. The first-order valence-electron chi connectivity index (χ1n) is 6.67. The molecule has 0 saturated heterocycles. The molecule has 0 aliphatic carbocycles. The van der Waals surface area contributed by atoms with E-state index in [0.717, 1.165) is 0 Å². The lowest BCUT2D eigenvalue weighted by Crippen LogP contribution is -2.41. The van der Waals surface area contributed by atoms with E-state index >= 15 is 0 Å². The summed E-state index contributed by atoms with van der Waals surface area (Å²) in [5.41, 5.74) is 1.42. The van der Waals surface area contributed by atoms with Crippen LogP contribution in [0.1, 0.15) is 38.8 Å². The summed E-state index contributed by atoms with van der Waals surface area (Å²) in [4.78, 5) is 2.62. The van der Waals surface area contributed by atoms with Gasteiger partial charge in [0.25, 0.3) is 0 Å². The van der Waals surface area contributed by atoms with Crippen LogP contribution in [0.3, 0.4) is 0 Å². The average molecular weight is 229 g/mol. The standard InChI is InChI=1S/C16H23N/c1-13(2)16-11-7-8-12-17(16)14(3)15-9-5-4-6-10-15/h4-7,9-11,13-14,16H,8,12H2,1-3H3/t14-,16+/m1/s1. The van der Waals surface area contributed by atoms with Crippen LogP contribution in [-0.2, 0) is 0 Å². The Bertz CT molecular complexity index is 366. The van der Waals surface area contributed by atoms with Gasteiger partial charge in [-0.25, -0.2) is 0 Å². The molecule has 1 heteroatoms. The van der Waals surface area contributed by atoms with Gasteiger partial charge in [0.2, 0.25) is 0 Å². The van der Waals surface area contributed by atoms with Gasteiger partial charge in [0, 0.05) is 18.6 Å². The third-order valence-corrected chi connectivity index (χ3v) is 3.73. The molecular weight excluding hydrogens is 206 g/mol. The van der Waals surface area contributed by atoms with Gasteiger partial charge in [-0.1, -0.05) is 56.3 Å². The Labute approximate surface area is 105 Å². The molecule has 0 N–H and O–H groups in total. The van der Waals surface area contributed by atoms with Crippen molar-refractivity contribution in [3.05, 3.63) is 48.0 Å². The molecule has 1 aromatic rings. The van der Waals surface area contributed by atoms with Gasteiger partial charge >= 0.3 is 0 Å². The van der Waals surface area contributed by atoms with Crippen molar-refractivity contribution in [3.63, 3.8) is 0 Å². The Morgan fingerprint density at radius 1 is 1.12 bits per heavy atom. The van der Waals surface area contributed by atoms with Crippen molar-refractivity contribution < 1.29 is 0 Å². The van der Waals surface area contributed by atoms with Crippen LogP contribution in [0.5, 0.6) is 0 Å². The molecule has 0 amide bonds. The topological polar surface area (TPSA) is 3.24 Å². The Hall–Kier alpha value is -1.08. The predicted octanol–water partition coefficient (Wildman–Crippen LogP) is 4.03. The SMILES string of the molecule is CC(C)[C@@H]1C=CCCN1[C@H](C)c1ccccc1. The minimum atomic E-state index is 0.508.